The van der Waals surface area contributed by atoms with Crippen LogP contribution < -0.4 is 0 Å². The molecule has 0 atom stereocenters. The number of benzene rings is 1. The van der Waals surface area contributed by atoms with Crippen LogP contribution in [0.15, 0.2) is 22.7 Å². The van der Waals surface area contributed by atoms with Crippen molar-refractivity contribution in [3.05, 3.63) is 38.6 Å². The highest BCUT2D eigenvalue weighted by atomic mass is 79.9. The maximum Gasteiger partial charge on any atom is 0.284 e. The number of aliphatic hydroxyl groups is 1. The fourth-order valence-electron chi connectivity index (χ4n) is 1.29. The number of nitrogens with one attached hydrogen (secondary N) is 1. The van der Waals surface area contributed by atoms with Crippen molar-refractivity contribution in [3.63, 3.8) is 0 Å². The molecule has 1 aromatic carbocycles. The predicted molar refractivity (Wildman–Crippen MR) is 62.1 cm³/mol. The van der Waals surface area contributed by atoms with Crippen LogP contribution >= 0.6 is 15.9 Å². The van der Waals surface area contributed by atoms with Crippen LogP contribution in [-0.4, -0.2) is 25.2 Å². The molecule has 2 N–H and O–H groups in total. The highest BCUT2D eigenvalue weighted by molar-refractivity contribution is 9.10. The van der Waals surface area contributed by atoms with E-state index in [4.69, 9.17) is 5.11 Å². The second-order valence-corrected chi connectivity index (χ2v) is 4.04. The molecule has 0 radical (unpaired) electrons. The van der Waals surface area contributed by atoms with Crippen LogP contribution in [0, 0.1) is 10.1 Å². The average molecular weight is 299 g/mol. The van der Waals surface area contributed by atoms with Gasteiger partial charge in [-0.05, 0) is 28.1 Å². The summed E-state index contributed by atoms with van der Waals surface area (Å²) in [6, 6.07) is 4.58. The van der Waals surface area contributed by atoms with Gasteiger partial charge in [0, 0.05) is 11.6 Å². The van der Waals surface area contributed by atoms with Gasteiger partial charge < -0.3 is 5.11 Å². The minimum Gasteiger partial charge on any atom is -0.388 e. The van der Waals surface area contributed by atoms with Gasteiger partial charge in [-0.2, -0.15) is 5.10 Å². The molecule has 2 aromatic rings. The number of nitro benzene ring substituents is 1. The van der Waals surface area contributed by atoms with E-state index in [1.807, 2.05) is 0 Å². The SMILES string of the molecule is O=[N+]([O-])c1cc(-c2n[nH]c(CO)n2)ccc1Br. The Labute approximate surface area is 104 Å². The molecule has 1 aromatic heterocycles. The zero-order chi connectivity index (χ0) is 12.4. The van der Waals surface area contributed by atoms with Crippen LogP contribution in [0.25, 0.3) is 11.4 Å². The Balaban J connectivity index is 2.46. The molecule has 17 heavy (non-hydrogen) atoms. The van der Waals surface area contributed by atoms with E-state index in [1.165, 1.54) is 6.07 Å². The summed E-state index contributed by atoms with van der Waals surface area (Å²) in [7, 11) is 0. The molecule has 0 saturated heterocycles. The number of hydrogen-bond acceptors (Lipinski definition) is 5. The second kappa shape index (κ2) is 4.60. The molecule has 88 valence electrons. The fraction of sp³-hybridized carbons (Fsp3) is 0.111. The Morgan fingerprint density at radius 1 is 1.53 bits per heavy atom. The molecule has 0 unspecified atom stereocenters. The third-order valence-electron chi connectivity index (χ3n) is 2.08. The largest absolute Gasteiger partial charge is 0.388 e. The Morgan fingerprint density at radius 3 is 2.88 bits per heavy atom. The lowest BCUT2D eigenvalue weighted by molar-refractivity contribution is -0.385. The number of aromatic amines is 1. The van der Waals surface area contributed by atoms with Crippen molar-refractivity contribution in [2.24, 2.45) is 0 Å². The van der Waals surface area contributed by atoms with E-state index in [9.17, 15) is 10.1 Å². The second-order valence-electron chi connectivity index (χ2n) is 3.19. The third kappa shape index (κ3) is 2.32. The van der Waals surface area contributed by atoms with Gasteiger partial charge in [0.1, 0.15) is 6.61 Å². The summed E-state index contributed by atoms with van der Waals surface area (Å²) in [6.45, 7) is -0.258. The highest BCUT2D eigenvalue weighted by Crippen LogP contribution is 2.29. The molecule has 2 rings (SSSR count). The van der Waals surface area contributed by atoms with Gasteiger partial charge in [-0.3, -0.25) is 15.2 Å². The van der Waals surface area contributed by atoms with Crippen molar-refractivity contribution in [2.45, 2.75) is 6.61 Å². The van der Waals surface area contributed by atoms with Crippen molar-refractivity contribution < 1.29 is 10.0 Å². The molecule has 0 aliphatic carbocycles. The van der Waals surface area contributed by atoms with E-state index < -0.39 is 4.92 Å². The number of hydrogen-bond donors (Lipinski definition) is 2. The molecule has 0 amide bonds. The van der Waals surface area contributed by atoms with Gasteiger partial charge in [-0.15, -0.1) is 0 Å². The third-order valence-corrected chi connectivity index (χ3v) is 2.75. The van der Waals surface area contributed by atoms with Gasteiger partial charge in [0.25, 0.3) is 5.69 Å². The van der Waals surface area contributed by atoms with Gasteiger partial charge in [0.2, 0.25) is 0 Å². The van der Waals surface area contributed by atoms with E-state index >= 15 is 0 Å². The van der Waals surface area contributed by atoms with Crippen molar-refractivity contribution in [3.8, 4) is 11.4 Å². The van der Waals surface area contributed by atoms with Gasteiger partial charge in [0.05, 0.1) is 9.40 Å². The molecule has 8 heteroatoms. The number of rotatable bonds is 3. The van der Waals surface area contributed by atoms with Gasteiger partial charge in [-0.1, -0.05) is 0 Å². The van der Waals surface area contributed by atoms with Crippen molar-refractivity contribution in [2.75, 3.05) is 0 Å². The molecular formula is C9H7BrN4O3. The monoisotopic (exact) mass is 298 g/mol. The molecule has 0 aliphatic heterocycles. The summed E-state index contributed by atoms with van der Waals surface area (Å²) in [6.07, 6.45) is 0. The Hall–Kier alpha value is -1.80. The zero-order valence-corrected chi connectivity index (χ0v) is 10.0. The maximum absolute atomic E-state index is 10.8. The molecule has 0 aliphatic rings. The standard InChI is InChI=1S/C9H7BrN4O3/c10-6-2-1-5(3-7(6)14(16)17)9-11-8(4-15)12-13-9/h1-3,15H,4H2,(H,11,12,13). The van der Waals surface area contributed by atoms with Crippen LogP contribution in [0.1, 0.15) is 5.82 Å². The minimum atomic E-state index is -0.493. The Morgan fingerprint density at radius 2 is 2.29 bits per heavy atom. The van der Waals surface area contributed by atoms with E-state index in [2.05, 4.69) is 31.1 Å². The van der Waals surface area contributed by atoms with Crippen LogP contribution in [-0.2, 0) is 6.61 Å². The molecule has 1 heterocycles. The molecule has 0 spiro atoms. The summed E-state index contributed by atoms with van der Waals surface area (Å²) >= 11 is 3.09. The summed E-state index contributed by atoms with van der Waals surface area (Å²) in [4.78, 5) is 14.2. The molecular weight excluding hydrogens is 292 g/mol. The first-order valence-electron chi connectivity index (χ1n) is 4.58. The lowest BCUT2D eigenvalue weighted by Gasteiger charge is -1.98. The van der Waals surface area contributed by atoms with Crippen molar-refractivity contribution >= 4 is 21.6 Å². The number of nitrogens with zero attached hydrogens (tertiary/aromatic N) is 3. The summed E-state index contributed by atoms with van der Waals surface area (Å²) in [5.74, 6) is 0.621. The smallest absolute Gasteiger partial charge is 0.284 e. The number of aromatic nitrogens is 3. The average Bonchev–Trinajstić information content (AvgIpc) is 2.78. The normalized spacial score (nSPS) is 10.5. The minimum absolute atomic E-state index is 0.0575. The quantitative estimate of drug-likeness (QED) is 0.662. The zero-order valence-electron chi connectivity index (χ0n) is 8.42. The van der Waals surface area contributed by atoms with Crippen molar-refractivity contribution in [1.82, 2.24) is 15.2 Å². The van der Waals surface area contributed by atoms with Crippen LogP contribution in [0.3, 0.4) is 0 Å². The lowest BCUT2D eigenvalue weighted by Crippen LogP contribution is -1.91. The Bertz CT molecular complexity index is 569. The maximum atomic E-state index is 10.8. The van der Waals surface area contributed by atoms with Gasteiger partial charge >= 0.3 is 0 Å². The summed E-state index contributed by atoms with van der Waals surface area (Å²) < 4.78 is 0.393. The van der Waals surface area contributed by atoms with Crippen LogP contribution in [0.2, 0.25) is 0 Å². The number of halogens is 1. The first kappa shape index (κ1) is 11.7. The number of nitro groups is 1. The predicted octanol–water partition coefficient (Wildman–Crippen LogP) is 1.63. The van der Waals surface area contributed by atoms with Gasteiger partial charge in [-0.25, -0.2) is 4.98 Å². The molecule has 0 fully saturated rings. The van der Waals surface area contributed by atoms with Crippen LogP contribution in [0.5, 0.6) is 0 Å². The molecule has 0 saturated carbocycles. The van der Waals surface area contributed by atoms with E-state index in [0.717, 1.165) is 0 Å². The number of H-pyrrole nitrogens is 1. The molecule has 7 nitrogen and oxygen atoms in total. The van der Waals surface area contributed by atoms with E-state index in [1.54, 1.807) is 12.1 Å². The first-order valence-corrected chi connectivity index (χ1v) is 5.37. The van der Waals surface area contributed by atoms with Crippen LogP contribution in [0.4, 0.5) is 5.69 Å². The summed E-state index contributed by atoms with van der Waals surface area (Å²) in [5.41, 5.74) is 0.452. The summed E-state index contributed by atoms with van der Waals surface area (Å²) in [5, 5.41) is 26.0. The number of aliphatic hydroxyl groups excluding tert-OH is 1. The Kier molecular flexibility index (Phi) is 3.16. The van der Waals surface area contributed by atoms with Crippen molar-refractivity contribution in [1.29, 1.82) is 0 Å². The van der Waals surface area contributed by atoms with E-state index in [0.29, 0.717) is 21.7 Å². The van der Waals surface area contributed by atoms with E-state index in [-0.39, 0.29) is 12.3 Å². The van der Waals surface area contributed by atoms with Gasteiger partial charge in [0.15, 0.2) is 11.6 Å². The highest BCUT2D eigenvalue weighted by Gasteiger charge is 2.15. The first-order chi connectivity index (χ1) is 8.11. The molecule has 0 bridgehead atoms. The lowest BCUT2D eigenvalue weighted by atomic mass is 10.2. The fourth-order valence-corrected chi connectivity index (χ4v) is 1.68. The topological polar surface area (TPSA) is 105 Å².